The molecular weight excluding hydrogens is 247 g/mol. The standard InChI is InChI=1S/C12H10F3NO2/c13-12(14,15)9-3-1-2-8(4-9)5-11-16-10(6-17)7-18-11/h1-4,7,17H,5-6H2. The average molecular weight is 257 g/mol. The van der Waals surface area contributed by atoms with Crippen LogP contribution in [0.3, 0.4) is 0 Å². The second kappa shape index (κ2) is 4.81. The SMILES string of the molecule is OCc1coc(Cc2cccc(C(F)(F)F)c2)n1. The van der Waals surface area contributed by atoms with E-state index in [9.17, 15) is 13.2 Å². The van der Waals surface area contributed by atoms with Gasteiger partial charge in [0, 0.05) is 6.42 Å². The highest BCUT2D eigenvalue weighted by Crippen LogP contribution is 2.29. The summed E-state index contributed by atoms with van der Waals surface area (Å²) in [5.41, 5.74) is 0.113. The van der Waals surface area contributed by atoms with Crippen LogP contribution in [-0.2, 0) is 19.2 Å². The molecule has 1 aromatic carbocycles. The molecule has 6 heteroatoms. The zero-order valence-electron chi connectivity index (χ0n) is 9.24. The third kappa shape index (κ3) is 2.89. The molecule has 2 rings (SSSR count). The van der Waals surface area contributed by atoms with Crippen LogP contribution in [0.25, 0.3) is 0 Å². The Morgan fingerprint density at radius 3 is 2.67 bits per heavy atom. The monoisotopic (exact) mass is 257 g/mol. The summed E-state index contributed by atoms with van der Waals surface area (Å²) in [5, 5.41) is 8.80. The van der Waals surface area contributed by atoms with E-state index in [1.165, 1.54) is 12.3 Å². The van der Waals surface area contributed by atoms with Crippen molar-refractivity contribution in [1.82, 2.24) is 4.98 Å². The van der Waals surface area contributed by atoms with Crippen molar-refractivity contribution in [3.63, 3.8) is 0 Å². The van der Waals surface area contributed by atoms with Gasteiger partial charge in [-0.3, -0.25) is 0 Å². The number of halogens is 3. The summed E-state index contributed by atoms with van der Waals surface area (Å²) in [5.74, 6) is 0.276. The molecular formula is C12H10F3NO2. The van der Waals surface area contributed by atoms with Crippen LogP contribution >= 0.6 is 0 Å². The summed E-state index contributed by atoms with van der Waals surface area (Å²) in [7, 11) is 0. The topological polar surface area (TPSA) is 46.3 Å². The van der Waals surface area contributed by atoms with Crippen molar-refractivity contribution < 1.29 is 22.7 Å². The van der Waals surface area contributed by atoms with E-state index in [4.69, 9.17) is 9.52 Å². The van der Waals surface area contributed by atoms with Crippen LogP contribution in [0.4, 0.5) is 13.2 Å². The van der Waals surface area contributed by atoms with Gasteiger partial charge in [-0.2, -0.15) is 13.2 Å². The van der Waals surface area contributed by atoms with E-state index in [-0.39, 0.29) is 18.9 Å². The van der Waals surface area contributed by atoms with Crippen molar-refractivity contribution >= 4 is 0 Å². The zero-order chi connectivity index (χ0) is 13.2. The molecule has 0 saturated carbocycles. The minimum atomic E-state index is -4.36. The van der Waals surface area contributed by atoms with Crippen molar-refractivity contribution in [3.05, 3.63) is 53.2 Å². The molecule has 0 unspecified atom stereocenters. The van der Waals surface area contributed by atoms with Crippen LogP contribution in [-0.4, -0.2) is 10.1 Å². The first-order chi connectivity index (χ1) is 8.49. The number of aromatic nitrogens is 1. The second-order valence-electron chi connectivity index (χ2n) is 3.77. The van der Waals surface area contributed by atoms with Crippen LogP contribution in [0.1, 0.15) is 22.7 Å². The van der Waals surface area contributed by atoms with Crippen molar-refractivity contribution in [2.45, 2.75) is 19.2 Å². The van der Waals surface area contributed by atoms with Gasteiger partial charge in [-0.05, 0) is 11.6 Å². The number of hydrogen-bond donors (Lipinski definition) is 1. The summed E-state index contributed by atoms with van der Waals surface area (Å²) in [6, 6.07) is 4.98. The summed E-state index contributed by atoms with van der Waals surface area (Å²) in [4.78, 5) is 3.92. The first-order valence-corrected chi connectivity index (χ1v) is 5.19. The fourth-order valence-corrected chi connectivity index (χ4v) is 1.53. The first-order valence-electron chi connectivity index (χ1n) is 5.19. The van der Waals surface area contributed by atoms with E-state index in [2.05, 4.69) is 4.98 Å². The van der Waals surface area contributed by atoms with Crippen LogP contribution < -0.4 is 0 Å². The van der Waals surface area contributed by atoms with Gasteiger partial charge in [0.1, 0.15) is 12.0 Å². The van der Waals surface area contributed by atoms with Gasteiger partial charge in [-0.15, -0.1) is 0 Å². The van der Waals surface area contributed by atoms with Crippen molar-refractivity contribution in [1.29, 1.82) is 0 Å². The zero-order valence-corrected chi connectivity index (χ0v) is 9.24. The summed E-state index contributed by atoms with van der Waals surface area (Å²) < 4.78 is 42.5. The Kier molecular flexibility index (Phi) is 3.38. The minimum Gasteiger partial charge on any atom is -0.448 e. The Morgan fingerprint density at radius 1 is 1.28 bits per heavy atom. The molecule has 2 aromatic rings. The molecule has 0 amide bonds. The van der Waals surface area contributed by atoms with E-state index in [0.29, 0.717) is 11.3 Å². The van der Waals surface area contributed by atoms with Crippen LogP contribution in [0.2, 0.25) is 0 Å². The maximum atomic E-state index is 12.5. The Morgan fingerprint density at radius 2 is 2.06 bits per heavy atom. The quantitative estimate of drug-likeness (QED) is 0.919. The number of alkyl halides is 3. The molecule has 3 nitrogen and oxygen atoms in total. The fourth-order valence-electron chi connectivity index (χ4n) is 1.53. The van der Waals surface area contributed by atoms with Gasteiger partial charge in [-0.1, -0.05) is 18.2 Å². The minimum absolute atomic E-state index is 0.157. The number of hydrogen-bond acceptors (Lipinski definition) is 3. The number of aliphatic hydroxyl groups excluding tert-OH is 1. The van der Waals surface area contributed by atoms with Crippen LogP contribution in [0.5, 0.6) is 0 Å². The molecule has 0 spiro atoms. The van der Waals surface area contributed by atoms with E-state index in [1.54, 1.807) is 6.07 Å². The Balaban J connectivity index is 2.19. The molecule has 0 aliphatic rings. The lowest BCUT2D eigenvalue weighted by atomic mass is 10.1. The molecule has 1 heterocycles. The summed E-state index contributed by atoms with van der Waals surface area (Å²) in [6.45, 7) is -0.258. The lowest BCUT2D eigenvalue weighted by molar-refractivity contribution is -0.137. The van der Waals surface area contributed by atoms with Crippen molar-refractivity contribution in [2.24, 2.45) is 0 Å². The van der Waals surface area contributed by atoms with Gasteiger partial charge in [0.15, 0.2) is 5.89 Å². The van der Waals surface area contributed by atoms with Gasteiger partial charge in [0.2, 0.25) is 0 Å². The molecule has 0 bridgehead atoms. The normalized spacial score (nSPS) is 11.8. The van der Waals surface area contributed by atoms with Gasteiger partial charge >= 0.3 is 6.18 Å². The number of benzene rings is 1. The predicted octanol–water partition coefficient (Wildman–Crippen LogP) is 2.78. The summed E-state index contributed by atoms with van der Waals surface area (Å²) in [6.07, 6.45) is -2.92. The molecule has 0 atom stereocenters. The van der Waals surface area contributed by atoms with Gasteiger partial charge in [-0.25, -0.2) is 4.98 Å². The Bertz CT molecular complexity index is 534. The molecule has 18 heavy (non-hydrogen) atoms. The third-order valence-electron chi connectivity index (χ3n) is 2.37. The average Bonchev–Trinajstić information content (AvgIpc) is 2.76. The molecule has 0 aliphatic carbocycles. The fraction of sp³-hybridized carbons (Fsp3) is 0.250. The number of oxazole rings is 1. The molecule has 0 saturated heterocycles. The third-order valence-corrected chi connectivity index (χ3v) is 2.37. The van der Waals surface area contributed by atoms with E-state index >= 15 is 0 Å². The van der Waals surface area contributed by atoms with Crippen LogP contribution in [0, 0.1) is 0 Å². The van der Waals surface area contributed by atoms with Gasteiger partial charge in [0.25, 0.3) is 0 Å². The Labute approximate surface area is 101 Å². The van der Waals surface area contributed by atoms with Crippen LogP contribution in [0.15, 0.2) is 34.9 Å². The molecule has 0 radical (unpaired) electrons. The maximum Gasteiger partial charge on any atom is 0.416 e. The smallest absolute Gasteiger partial charge is 0.416 e. The Hall–Kier alpha value is -1.82. The predicted molar refractivity (Wildman–Crippen MR) is 56.7 cm³/mol. The largest absolute Gasteiger partial charge is 0.448 e. The number of rotatable bonds is 3. The molecule has 1 N–H and O–H groups in total. The van der Waals surface area contributed by atoms with E-state index < -0.39 is 11.7 Å². The van der Waals surface area contributed by atoms with E-state index in [0.717, 1.165) is 12.1 Å². The van der Waals surface area contributed by atoms with Crippen molar-refractivity contribution in [2.75, 3.05) is 0 Å². The molecule has 0 aliphatic heterocycles. The number of aliphatic hydroxyl groups is 1. The van der Waals surface area contributed by atoms with E-state index in [1.807, 2.05) is 0 Å². The van der Waals surface area contributed by atoms with Gasteiger partial charge in [0.05, 0.1) is 12.2 Å². The number of nitrogens with zero attached hydrogens (tertiary/aromatic N) is 1. The molecule has 1 aromatic heterocycles. The van der Waals surface area contributed by atoms with Gasteiger partial charge < -0.3 is 9.52 Å². The highest BCUT2D eigenvalue weighted by atomic mass is 19.4. The lowest BCUT2D eigenvalue weighted by Crippen LogP contribution is -2.05. The first kappa shape index (κ1) is 12.6. The van der Waals surface area contributed by atoms with Crippen molar-refractivity contribution in [3.8, 4) is 0 Å². The second-order valence-corrected chi connectivity index (χ2v) is 3.77. The highest BCUT2D eigenvalue weighted by molar-refractivity contribution is 5.27. The maximum absolute atomic E-state index is 12.5. The lowest BCUT2D eigenvalue weighted by Gasteiger charge is -2.07. The molecule has 0 fully saturated rings. The molecule has 96 valence electrons. The highest BCUT2D eigenvalue weighted by Gasteiger charge is 2.30. The summed E-state index contributed by atoms with van der Waals surface area (Å²) >= 11 is 0.